The lowest BCUT2D eigenvalue weighted by Gasteiger charge is -2.51. The molecule has 0 saturated carbocycles. The van der Waals surface area contributed by atoms with Crippen molar-refractivity contribution in [2.45, 2.75) is 61.3 Å². The van der Waals surface area contributed by atoms with Crippen molar-refractivity contribution in [1.29, 1.82) is 0 Å². The Morgan fingerprint density at radius 1 is 1.05 bits per heavy atom. The number of aromatic nitrogens is 1. The molecule has 0 amide bonds. The molecule has 0 aliphatic heterocycles. The van der Waals surface area contributed by atoms with Crippen molar-refractivity contribution in [1.82, 2.24) is 4.98 Å². The van der Waals surface area contributed by atoms with Gasteiger partial charge in [0.2, 0.25) is 0 Å². The summed E-state index contributed by atoms with van der Waals surface area (Å²) >= 11 is 0. The first kappa shape index (κ1) is 14.6. The Morgan fingerprint density at radius 3 is 2.11 bits per heavy atom. The fraction of sp³-hybridized carbons (Fsp3) is 0.722. The van der Waals surface area contributed by atoms with Gasteiger partial charge in [0, 0.05) is 12.4 Å². The van der Waals surface area contributed by atoms with Gasteiger partial charge in [0.15, 0.2) is 0 Å². The van der Waals surface area contributed by atoms with Crippen LogP contribution < -0.4 is 0 Å². The standard InChI is InChI=1S/C18H29N/c1-13(16(2,3)4)18(17(5,6)7)10-14-8-9-19-12-15(14)11-18/h8-9,12-13H,10-11H2,1-7H3. The summed E-state index contributed by atoms with van der Waals surface area (Å²) in [6.07, 6.45) is 6.41. The van der Waals surface area contributed by atoms with Crippen molar-refractivity contribution in [3.63, 3.8) is 0 Å². The van der Waals surface area contributed by atoms with Crippen molar-refractivity contribution < 1.29 is 0 Å². The zero-order chi connectivity index (χ0) is 14.5. The molecule has 0 spiro atoms. The summed E-state index contributed by atoms with van der Waals surface area (Å²) < 4.78 is 0. The van der Waals surface area contributed by atoms with Gasteiger partial charge in [-0.3, -0.25) is 4.98 Å². The molecule has 2 atom stereocenters. The zero-order valence-electron chi connectivity index (χ0n) is 13.7. The molecule has 0 bridgehead atoms. The van der Waals surface area contributed by atoms with Crippen molar-refractivity contribution in [2.75, 3.05) is 0 Å². The van der Waals surface area contributed by atoms with Crippen LogP contribution in [0.1, 0.15) is 59.6 Å². The Hall–Kier alpha value is -0.850. The average molecular weight is 259 g/mol. The van der Waals surface area contributed by atoms with Crippen LogP contribution in [0, 0.1) is 22.2 Å². The Morgan fingerprint density at radius 2 is 1.63 bits per heavy atom. The molecule has 106 valence electrons. The lowest BCUT2D eigenvalue weighted by molar-refractivity contribution is -0.0215. The molecule has 1 aliphatic rings. The van der Waals surface area contributed by atoms with Gasteiger partial charge < -0.3 is 0 Å². The van der Waals surface area contributed by atoms with Crippen LogP contribution in [0.25, 0.3) is 0 Å². The van der Waals surface area contributed by atoms with Gasteiger partial charge in [-0.05, 0) is 52.2 Å². The number of pyridine rings is 1. The third-order valence-electron chi connectivity index (χ3n) is 5.64. The quantitative estimate of drug-likeness (QED) is 0.699. The highest BCUT2D eigenvalue weighted by Crippen LogP contribution is 2.57. The van der Waals surface area contributed by atoms with E-state index in [4.69, 9.17) is 0 Å². The van der Waals surface area contributed by atoms with Gasteiger partial charge in [0.25, 0.3) is 0 Å². The van der Waals surface area contributed by atoms with Gasteiger partial charge in [-0.1, -0.05) is 48.5 Å². The second-order valence-corrected chi connectivity index (χ2v) is 8.49. The van der Waals surface area contributed by atoms with Crippen LogP contribution in [0.15, 0.2) is 18.5 Å². The molecular weight excluding hydrogens is 230 g/mol. The number of nitrogens with zero attached hydrogens (tertiary/aromatic N) is 1. The molecule has 1 aromatic rings. The minimum atomic E-state index is 0.304. The zero-order valence-corrected chi connectivity index (χ0v) is 13.7. The van der Waals surface area contributed by atoms with E-state index in [0.29, 0.717) is 22.2 Å². The van der Waals surface area contributed by atoms with Crippen molar-refractivity contribution in [3.8, 4) is 0 Å². The molecule has 0 saturated heterocycles. The third kappa shape index (κ3) is 2.32. The monoisotopic (exact) mass is 259 g/mol. The van der Waals surface area contributed by atoms with Crippen LogP contribution in [0.3, 0.4) is 0 Å². The van der Waals surface area contributed by atoms with E-state index < -0.39 is 0 Å². The maximum absolute atomic E-state index is 4.33. The van der Waals surface area contributed by atoms with Crippen LogP contribution in [0.2, 0.25) is 0 Å². The fourth-order valence-corrected chi connectivity index (χ4v) is 3.84. The molecule has 0 aromatic carbocycles. The Kier molecular flexibility index (Phi) is 3.32. The topological polar surface area (TPSA) is 12.9 Å². The second-order valence-electron chi connectivity index (χ2n) is 8.49. The molecule has 0 fully saturated rings. The molecule has 0 N–H and O–H groups in total. The van der Waals surface area contributed by atoms with Gasteiger partial charge in [-0.25, -0.2) is 0 Å². The van der Waals surface area contributed by atoms with Gasteiger partial charge >= 0.3 is 0 Å². The minimum Gasteiger partial charge on any atom is -0.264 e. The molecular formula is C18H29N. The van der Waals surface area contributed by atoms with E-state index in [1.165, 1.54) is 24.0 Å². The van der Waals surface area contributed by atoms with Gasteiger partial charge in [0.05, 0.1) is 0 Å². The lowest BCUT2D eigenvalue weighted by Crippen LogP contribution is -2.47. The maximum Gasteiger partial charge on any atom is 0.0302 e. The van der Waals surface area contributed by atoms with Crippen LogP contribution in [-0.2, 0) is 12.8 Å². The molecule has 1 heteroatoms. The number of rotatable bonds is 1. The first-order chi connectivity index (χ1) is 8.58. The maximum atomic E-state index is 4.33. The first-order valence-corrected chi connectivity index (χ1v) is 7.50. The summed E-state index contributed by atoms with van der Waals surface area (Å²) in [5, 5.41) is 0. The lowest BCUT2D eigenvalue weighted by atomic mass is 9.53. The number of hydrogen-bond acceptors (Lipinski definition) is 1. The van der Waals surface area contributed by atoms with E-state index >= 15 is 0 Å². The number of hydrogen-bond donors (Lipinski definition) is 0. The summed E-state index contributed by atoms with van der Waals surface area (Å²) in [7, 11) is 0. The van der Waals surface area contributed by atoms with E-state index in [9.17, 15) is 0 Å². The van der Waals surface area contributed by atoms with E-state index in [2.05, 4.69) is 65.7 Å². The normalized spacial score (nSPS) is 25.2. The summed E-state index contributed by atoms with van der Waals surface area (Å²) in [4.78, 5) is 4.33. The van der Waals surface area contributed by atoms with Crippen LogP contribution in [0.5, 0.6) is 0 Å². The number of fused-ring (bicyclic) bond motifs is 1. The highest BCUT2D eigenvalue weighted by Gasteiger charge is 2.52. The van der Waals surface area contributed by atoms with E-state index in [1.54, 1.807) is 0 Å². The minimum absolute atomic E-state index is 0.304. The van der Waals surface area contributed by atoms with Crippen molar-refractivity contribution in [2.24, 2.45) is 22.2 Å². The van der Waals surface area contributed by atoms with Crippen molar-refractivity contribution >= 4 is 0 Å². The molecule has 1 nitrogen and oxygen atoms in total. The van der Waals surface area contributed by atoms with Crippen LogP contribution >= 0.6 is 0 Å². The predicted molar refractivity (Wildman–Crippen MR) is 82.2 cm³/mol. The molecule has 19 heavy (non-hydrogen) atoms. The Bertz CT molecular complexity index is 434. The van der Waals surface area contributed by atoms with Crippen LogP contribution in [0.4, 0.5) is 0 Å². The Labute approximate surface area is 118 Å². The van der Waals surface area contributed by atoms with Crippen molar-refractivity contribution in [3.05, 3.63) is 29.6 Å². The highest BCUT2D eigenvalue weighted by molar-refractivity contribution is 5.33. The molecule has 2 rings (SSSR count). The molecule has 2 unspecified atom stereocenters. The van der Waals surface area contributed by atoms with Crippen LogP contribution in [-0.4, -0.2) is 4.98 Å². The molecule has 1 aromatic heterocycles. The summed E-state index contributed by atoms with van der Waals surface area (Å²) in [6.45, 7) is 16.8. The molecule has 0 radical (unpaired) electrons. The smallest absolute Gasteiger partial charge is 0.0302 e. The fourth-order valence-electron chi connectivity index (χ4n) is 3.84. The summed E-state index contributed by atoms with van der Waals surface area (Å²) in [5.41, 5.74) is 3.97. The largest absolute Gasteiger partial charge is 0.264 e. The SMILES string of the molecule is CC(C(C)(C)C)C1(C(C)(C)C)Cc2ccncc2C1. The molecule has 1 heterocycles. The van der Waals surface area contributed by atoms with E-state index in [1.807, 2.05) is 6.20 Å². The second kappa shape index (κ2) is 4.33. The summed E-state index contributed by atoms with van der Waals surface area (Å²) in [5.74, 6) is 0.674. The van der Waals surface area contributed by atoms with Gasteiger partial charge in [0.1, 0.15) is 0 Å². The average Bonchev–Trinajstić information content (AvgIpc) is 2.66. The van der Waals surface area contributed by atoms with Gasteiger partial charge in [-0.2, -0.15) is 0 Å². The third-order valence-corrected chi connectivity index (χ3v) is 5.64. The predicted octanol–water partition coefficient (Wildman–Crippen LogP) is 4.89. The first-order valence-electron chi connectivity index (χ1n) is 7.50. The summed E-state index contributed by atoms with van der Waals surface area (Å²) in [6, 6.07) is 2.22. The molecule has 1 aliphatic carbocycles. The highest BCUT2D eigenvalue weighted by atomic mass is 14.6. The van der Waals surface area contributed by atoms with E-state index in [0.717, 1.165) is 0 Å². The van der Waals surface area contributed by atoms with Gasteiger partial charge in [-0.15, -0.1) is 0 Å². The Balaban J connectivity index is 2.48. The van der Waals surface area contributed by atoms with E-state index in [-0.39, 0.29) is 0 Å².